The predicted molar refractivity (Wildman–Crippen MR) is 218 cm³/mol. The Kier molecular flexibility index (Phi) is 4.83. The summed E-state index contributed by atoms with van der Waals surface area (Å²) in [7, 11) is 0. The predicted octanol–water partition coefficient (Wildman–Crippen LogP) is 13.4. The second-order valence-electron chi connectivity index (χ2n) is 14.1. The highest BCUT2D eigenvalue weighted by molar-refractivity contribution is 6.27. The molecule has 0 fully saturated rings. The van der Waals surface area contributed by atoms with Crippen molar-refractivity contribution in [2.75, 3.05) is 4.90 Å². The zero-order chi connectivity index (χ0) is 33.7. The van der Waals surface area contributed by atoms with Gasteiger partial charge < -0.3 is 18.1 Å². The average molecular weight is 662 g/mol. The van der Waals surface area contributed by atoms with Gasteiger partial charge in [-0.05, 0) is 60.7 Å². The standard InChI is InChI=1S/C48H27N3O/c1-6-18-40-30(12-1)36-24-28(25-37-31-13-2-7-19-41(31)50(40)46(36)37)49(44-22-11-17-35-34-16-5-10-23-45(34)52-48(35)44)29-26-38-32-14-3-8-20-42(32)51-43-21-9-4-15-33(43)39(27-29)47(38)51/h1-27H. The van der Waals surface area contributed by atoms with Crippen molar-refractivity contribution in [1.29, 1.82) is 0 Å². The van der Waals surface area contributed by atoms with Gasteiger partial charge >= 0.3 is 0 Å². The van der Waals surface area contributed by atoms with Crippen molar-refractivity contribution in [3.8, 4) is 0 Å². The van der Waals surface area contributed by atoms with Crippen LogP contribution in [-0.2, 0) is 0 Å². The number of para-hydroxylation sites is 6. The van der Waals surface area contributed by atoms with Crippen LogP contribution in [0.1, 0.15) is 0 Å². The summed E-state index contributed by atoms with van der Waals surface area (Å²) in [5.41, 5.74) is 12.4. The Balaban J connectivity index is 1.22. The van der Waals surface area contributed by atoms with Crippen LogP contribution in [-0.4, -0.2) is 8.80 Å². The summed E-state index contributed by atoms with van der Waals surface area (Å²) >= 11 is 0. The van der Waals surface area contributed by atoms with E-state index in [-0.39, 0.29) is 0 Å². The lowest BCUT2D eigenvalue weighted by molar-refractivity contribution is 0.669. The highest BCUT2D eigenvalue weighted by atomic mass is 16.3. The van der Waals surface area contributed by atoms with E-state index in [1.54, 1.807) is 0 Å². The number of hydrogen-bond acceptors (Lipinski definition) is 2. The summed E-state index contributed by atoms with van der Waals surface area (Å²) in [6.45, 7) is 0. The molecule has 0 spiro atoms. The molecule has 0 atom stereocenters. The molecule has 8 aromatic carbocycles. The van der Waals surface area contributed by atoms with Crippen molar-refractivity contribution in [3.63, 3.8) is 0 Å². The third kappa shape index (κ3) is 3.19. The number of furan rings is 1. The van der Waals surface area contributed by atoms with E-state index in [0.717, 1.165) is 39.0 Å². The second kappa shape index (κ2) is 9.39. The lowest BCUT2D eigenvalue weighted by atomic mass is 10.0. The molecule has 4 nitrogen and oxygen atoms in total. The van der Waals surface area contributed by atoms with Gasteiger partial charge in [-0.25, -0.2) is 0 Å². The van der Waals surface area contributed by atoms with Crippen LogP contribution in [0, 0.1) is 0 Å². The lowest BCUT2D eigenvalue weighted by Crippen LogP contribution is -2.10. The van der Waals surface area contributed by atoms with Gasteiger partial charge in [0.2, 0.25) is 0 Å². The number of rotatable bonds is 3. The van der Waals surface area contributed by atoms with E-state index in [2.05, 4.69) is 171 Å². The molecule has 0 N–H and O–H groups in total. The summed E-state index contributed by atoms with van der Waals surface area (Å²) in [5.74, 6) is 0. The third-order valence-electron chi connectivity index (χ3n) is 11.5. The molecular formula is C48H27N3O. The Labute approximate surface area is 296 Å². The van der Waals surface area contributed by atoms with Gasteiger partial charge in [0.25, 0.3) is 0 Å². The molecule has 13 rings (SSSR count). The molecule has 0 aliphatic heterocycles. The van der Waals surface area contributed by atoms with E-state index in [1.807, 2.05) is 6.07 Å². The monoisotopic (exact) mass is 661 g/mol. The van der Waals surface area contributed by atoms with Crippen molar-refractivity contribution in [3.05, 3.63) is 164 Å². The maximum Gasteiger partial charge on any atom is 0.159 e. The zero-order valence-corrected chi connectivity index (χ0v) is 27.8. The van der Waals surface area contributed by atoms with Crippen LogP contribution < -0.4 is 4.90 Å². The first-order valence-electron chi connectivity index (χ1n) is 17.9. The number of hydrogen-bond donors (Lipinski definition) is 0. The summed E-state index contributed by atoms with van der Waals surface area (Å²) < 4.78 is 11.7. The lowest BCUT2D eigenvalue weighted by Gasteiger charge is -2.26. The van der Waals surface area contributed by atoms with Gasteiger partial charge in [-0.2, -0.15) is 0 Å². The Morgan fingerprint density at radius 2 is 0.731 bits per heavy atom. The Hall–Kier alpha value is -7.04. The fourth-order valence-corrected chi connectivity index (χ4v) is 9.46. The largest absolute Gasteiger partial charge is 0.454 e. The number of fused-ring (bicyclic) bond motifs is 15. The highest BCUT2D eigenvalue weighted by Gasteiger charge is 2.26. The molecule has 5 heterocycles. The van der Waals surface area contributed by atoms with Crippen LogP contribution in [0.25, 0.3) is 98.1 Å². The maximum atomic E-state index is 6.79. The third-order valence-corrected chi connectivity index (χ3v) is 11.5. The van der Waals surface area contributed by atoms with Gasteiger partial charge in [-0.3, -0.25) is 0 Å². The number of aromatic nitrogens is 2. The first-order chi connectivity index (χ1) is 25.8. The molecule has 0 amide bonds. The van der Waals surface area contributed by atoms with E-state index >= 15 is 0 Å². The van der Waals surface area contributed by atoms with Gasteiger partial charge in [0.15, 0.2) is 5.58 Å². The molecule has 0 aliphatic carbocycles. The first-order valence-corrected chi connectivity index (χ1v) is 17.9. The molecular weight excluding hydrogens is 635 g/mol. The van der Waals surface area contributed by atoms with Crippen molar-refractivity contribution >= 4 is 115 Å². The van der Waals surface area contributed by atoms with Crippen LogP contribution in [0.5, 0.6) is 0 Å². The Morgan fingerprint density at radius 3 is 1.19 bits per heavy atom. The molecule has 240 valence electrons. The molecule has 0 aliphatic rings. The average Bonchev–Trinajstić information content (AvgIpc) is 3.99. The van der Waals surface area contributed by atoms with Crippen molar-refractivity contribution < 1.29 is 4.42 Å². The van der Waals surface area contributed by atoms with Gasteiger partial charge in [-0.15, -0.1) is 0 Å². The van der Waals surface area contributed by atoms with E-state index < -0.39 is 0 Å². The molecule has 0 radical (unpaired) electrons. The van der Waals surface area contributed by atoms with E-state index in [4.69, 9.17) is 4.42 Å². The van der Waals surface area contributed by atoms with Crippen LogP contribution in [0.15, 0.2) is 168 Å². The summed E-state index contributed by atoms with van der Waals surface area (Å²) in [4.78, 5) is 2.44. The van der Waals surface area contributed by atoms with Gasteiger partial charge in [0.1, 0.15) is 5.58 Å². The molecule has 13 aromatic rings. The van der Waals surface area contributed by atoms with Crippen LogP contribution in [0.2, 0.25) is 0 Å². The van der Waals surface area contributed by atoms with Crippen LogP contribution in [0.4, 0.5) is 17.1 Å². The molecule has 4 heteroatoms. The quantitative estimate of drug-likeness (QED) is 0.188. The van der Waals surface area contributed by atoms with Crippen LogP contribution in [0.3, 0.4) is 0 Å². The summed E-state index contributed by atoms with van der Waals surface area (Å²) in [6, 6.07) is 59.8. The van der Waals surface area contributed by atoms with Crippen molar-refractivity contribution in [1.82, 2.24) is 8.80 Å². The van der Waals surface area contributed by atoms with Crippen molar-refractivity contribution in [2.24, 2.45) is 0 Å². The smallest absolute Gasteiger partial charge is 0.159 e. The Morgan fingerprint density at radius 1 is 0.346 bits per heavy atom. The zero-order valence-electron chi connectivity index (χ0n) is 27.8. The Bertz CT molecular complexity index is 3250. The number of nitrogens with zero attached hydrogens (tertiary/aromatic N) is 3. The van der Waals surface area contributed by atoms with Crippen LogP contribution >= 0.6 is 0 Å². The van der Waals surface area contributed by atoms with E-state index in [9.17, 15) is 0 Å². The minimum Gasteiger partial charge on any atom is -0.454 e. The fourth-order valence-electron chi connectivity index (χ4n) is 9.46. The van der Waals surface area contributed by atoms with E-state index in [0.29, 0.717) is 0 Å². The molecule has 0 bridgehead atoms. The van der Waals surface area contributed by atoms with E-state index in [1.165, 1.54) is 76.2 Å². The highest BCUT2D eigenvalue weighted by Crippen LogP contribution is 2.49. The second-order valence-corrected chi connectivity index (χ2v) is 14.1. The summed E-state index contributed by atoms with van der Waals surface area (Å²) in [6.07, 6.45) is 0. The molecule has 5 aromatic heterocycles. The maximum absolute atomic E-state index is 6.79. The molecule has 0 unspecified atom stereocenters. The SMILES string of the molecule is c1ccc2c(c1)oc1c(N(c3cc4c5ccccc5n5c6ccccc6c(c3)c45)c3cc4c5ccccc5n5c6ccccc6c(c3)c45)cccc12. The topological polar surface area (TPSA) is 25.2 Å². The molecule has 0 saturated carbocycles. The first kappa shape index (κ1) is 26.8. The van der Waals surface area contributed by atoms with Gasteiger partial charge in [0.05, 0.1) is 38.8 Å². The normalized spacial score (nSPS) is 12.6. The molecule has 52 heavy (non-hydrogen) atoms. The molecule has 0 saturated heterocycles. The van der Waals surface area contributed by atoms with Gasteiger partial charge in [0, 0.05) is 65.2 Å². The minimum absolute atomic E-state index is 0.877. The number of anilines is 3. The fraction of sp³-hybridized carbons (Fsp3) is 0. The van der Waals surface area contributed by atoms with Gasteiger partial charge in [-0.1, -0.05) is 103 Å². The minimum atomic E-state index is 0.877. The van der Waals surface area contributed by atoms with Crippen molar-refractivity contribution in [2.45, 2.75) is 0 Å². The summed E-state index contributed by atoms with van der Waals surface area (Å²) in [5, 5.41) is 12.2. The number of benzene rings is 8.